The Labute approximate surface area is 172 Å². The van der Waals surface area contributed by atoms with Crippen molar-refractivity contribution in [3.8, 4) is 6.07 Å². The highest BCUT2D eigenvalue weighted by Gasteiger charge is 2.30. The zero-order valence-corrected chi connectivity index (χ0v) is 18.3. The summed E-state index contributed by atoms with van der Waals surface area (Å²) in [5.41, 5.74) is -0.920. The Hall–Kier alpha value is -1.63. The Balaban J connectivity index is 1.97. The molecule has 1 amide bonds. The van der Waals surface area contributed by atoms with E-state index in [0.717, 1.165) is 25.7 Å². The van der Waals surface area contributed by atoms with Gasteiger partial charge in [-0.1, -0.05) is 38.5 Å². The standard InChI is InChI=1S/C19H28N4O3S2/c1-15(2)19(3,14-20)22-17(24)13-27-18-9-8-16(12-21-18)28(25,26)23-10-6-4-5-7-11-23/h8-9,12,15H,4-7,10-11,13H2,1-3H3,(H,22,24). The molecule has 0 radical (unpaired) electrons. The number of thioether (sulfide) groups is 1. The molecule has 0 spiro atoms. The molecule has 0 bridgehead atoms. The Bertz CT molecular complexity index is 811. The summed E-state index contributed by atoms with van der Waals surface area (Å²) in [5, 5.41) is 12.6. The highest BCUT2D eigenvalue weighted by molar-refractivity contribution is 7.99. The predicted octanol–water partition coefficient (Wildman–Crippen LogP) is 2.79. The molecule has 1 atom stereocenters. The van der Waals surface area contributed by atoms with Crippen LogP contribution < -0.4 is 5.32 Å². The number of hydrogen-bond donors (Lipinski definition) is 1. The summed E-state index contributed by atoms with van der Waals surface area (Å²) in [6.45, 7) is 6.54. The molecule has 1 aliphatic rings. The quantitative estimate of drug-likeness (QED) is 0.675. The van der Waals surface area contributed by atoms with Gasteiger partial charge in [0.1, 0.15) is 10.4 Å². The number of rotatable bonds is 7. The van der Waals surface area contributed by atoms with Gasteiger partial charge in [0.2, 0.25) is 15.9 Å². The summed E-state index contributed by atoms with van der Waals surface area (Å²) in [4.78, 5) is 16.5. The maximum absolute atomic E-state index is 12.8. The van der Waals surface area contributed by atoms with E-state index in [1.807, 2.05) is 13.8 Å². The van der Waals surface area contributed by atoms with Gasteiger partial charge in [0.25, 0.3) is 0 Å². The molecule has 1 fully saturated rings. The van der Waals surface area contributed by atoms with Gasteiger partial charge >= 0.3 is 0 Å². The lowest BCUT2D eigenvalue weighted by Crippen LogP contribution is -2.49. The third-order valence-corrected chi connectivity index (χ3v) is 7.88. The zero-order valence-electron chi connectivity index (χ0n) is 16.6. The largest absolute Gasteiger partial charge is 0.337 e. The van der Waals surface area contributed by atoms with Crippen LogP contribution in [-0.2, 0) is 14.8 Å². The Kier molecular flexibility index (Phi) is 7.87. The van der Waals surface area contributed by atoms with Crippen molar-refractivity contribution in [1.29, 1.82) is 5.26 Å². The highest BCUT2D eigenvalue weighted by Crippen LogP contribution is 2.22. The molecule has 1 aliphatic heterocycles. The van der Waals surface area contributed by atoms with Crippen LogP contribution in [0.3, 0.4) is 0 Å². The molecule has 7 nitrogen and oxygen atoms in total. The number of sulfonamides is 1. The minimum atomic E-state index is -3.52. The number of carbonyl (C=O) groups is 1. The van der Waals surface area contributed by atoms with Gasteiger partial charge in [-0.15, -0.1) is 0 Å². The normalized spacial score (nSPS) is 18.1. The fourth-order valence-corrected chi connectivity index (χ4v) is 4.91. The third kappa shape index (κ3) is 5.69. The summed E-state index contributed by atoms with van der Waals surface area (Å²) < 4.78 is 27.0. The van der Waals surface area contributed by atoms with Crippen molar-refractivity contribution in [3.05, 3.63) is 18.3 Å². The average Bonchev–Trinajstić information content (AvgIpc) is 2.96. The van der Waals surface area contributed by atoms with Crippen LogP contribution in [0.2, 0.25) is 0 Å². The van der Waals surface area contributed by atoms with Gasteiger partial charge in [-0.2, -0.15) is 9.57 Å². The number of amides is 1. The van der Waals surface area contributed by atoms with Gasteiger partial charge in [0.05, 0.1) is 16.8 Å². The van der Waals surface area contributed by atoms with E-state index in [0.29, 0.717) is 18.1 Å². The Morgan fingerprint density at radius 1 is 1.32 bits per heavy atom. The molecule has 1 unspecified atom stereocenters. The number of pyridine rings is 1. The molecule has 154 valence electrons. The maximum atomic E-state index is 12.8. The third-order valence-electron chi connectivity index (χ3n) is 5.05. The van der Waals surface area contributed by atoms with Crippen molar-refractivity contribution >= 4 is 27.7 Å². The highest BCUT2D eigenvalue weighted by atomic mass is 32.2. The average molecular weight is 425 g/mol. The van der Waals surface area contributed by atoms with E-state index in [9.17, 15) is 18.5 Å². The van der Waals surface area contributed by atoms with Gasteiger partial charge in [-0.25, -0.2) is 13.4 Å². The number of nitriles is 1. The predicted molar refractivity (Wildman–Crippen MR) is 109 cm³/mol. The van der Waals surface area contributed by atoms with E-state index in [1.165, 1.54) is 22.3 Å². The van der Waals surface area contributed by atoms with Gasteiger partial charge in [0, 0.05) is 19.3 Å². The number of hydrogen-bond acceptors (Lipinski definition) is 6. The van der Waals surface area contributed by atoms with E-state index in [4.69, 9.17) is 0 Å². The van der Waals surface area contributed by atoms with E-state index in [1.54, 1.807) is 19.1 Å². The first-order chi connectivity index (χ1) is 13.2. The number of carbonyl (C=O) groups excluding carboxylic acids is 1. The van der Waals surface area contributed by atoms with Crippen molar-refractivity contribution in [3.63, 3.8) is 0 Å². The molecule has 1 saturated heterocycles. The van der Waals surface area contributed by atoms with E-state index in [-0.39, 0.29) is 22.5 Å². The molecule has 9 heteroatoms. The molecule has 28 heavy (non-hydrogen) atoms. The second kappa shape index (κ2) is 9.72. The lowest BCUT2D eigenvalue weighted by Gasteiger charge is -2.27. The maximum Gasteiger partial charge on any atom is 0.244 e. The van der Waals surface area contributed by atoms with Crippen LogP contribution in [0.4, 0.5) is 0 Å². The monoisotopic (exact) mass is 424 g/mol. The van der Waals surface area contributed by atoms with Gasteiger partial charge in [-0.05, 0) is 37.8 Å². The van der Waals surface area contributed by atoms with Crippen molar-refractivity contribution in [2.45, 2.75) is 61.9 Å². The number of aromatic nitrogens is 1. The summed E-state index contributed by atoms with van der Waals surface area (Å²) in [6, 6.07) is 5.30. The van der Waals surface area contributed by atoms with E-state index in [2.05, 4.69) is 16.4 Å². The Morgan fingerprint density at radius 2 is 1.96 bits per heavy atom. The topological polar surface area (TPSA) is 103 Å². The molecule has 0 aliphatic carbocycles. The lowest BCUT2D eigenvalue weighted by atomic mass is 9.90. The first-order valence-electron chi connectivity index (χ1n) is 9.50. The van der Waals surface area contributed by atoms with Crippen molar-refractivity contribution in [1.82, 2.24) is 14.6 Å². The van der Waals surface area contributed by atoms with Crippen LogP contribution in [0, 0.1) is 17.2 Å². The van der Waals surface area contributed by atoms with Crippen molar-refractivity contribution in [2.75, 3.05) is 18.8 Å². The molecule has 2 rings (SSSR count). The molecular formula is C19H28N4O3S2. The first-order valence-corrected chi connectivity index (χ1v) is 11.9. The second-order valence-electron chi connectivity index (χ2n) is 7.46. The lowest BCUT2D eigenvalue weighted by molar-refractivity contribution is -0.120. The van der Waals surface area contributed by atoms with Gasteiger partial charge in [-0.3, -0.25) is 4.79 Å². The van der Waals surface area contributed by atoms with Crippen molar-refractivity contribution in [2.24, 2.45) is 5.92 Å². The van der Waals surface area contributed by atoms with E-state index < -0.39 is 15.6 Å². The summed E-state index contributed by atoms with van der Waals surface area (Å²) in [6.07, 6.45) is 5.24. The summed E-state index contributed by atoms with van der Waals surface area (Å²) in [5.74, 6) is -0.172. The summed E-state index contributed by atoms with van der Waals surface area (Å²) >= 11 is 1.21. The van der Waals surface area contributed by atoms with Crippen LogP contribution in [-0.4, -0.2) is 48.0 Å². The molecule has 1 aromatic heterocycles. The van der Waals surface area contributed by atoms with Crippen LogP contribution in [0.1, 0.15) is 46.5 Å². The summed E-state index contributed by atoms with van der Waals surface area (Å²) in [7, 11) is -3.52. The molecule has 1 aromatic rings. The fraction of sp³-hybridized carbons (Fsp3) is 0.632. The fourth-order valence-electron chi connectivity index (χ4n) is 2.80. The first kappa shape index (κ1) is 22.7. The molecule has 2 heterocycles. The van der Waals surface area contributed by atoms with E-state index >= 15 is 0 Å². The van der Waals surface area contributed by atoms with Gasteiger partial charge < -0.3 is 5.32 Å². The van der Waals surface area contributed by atoms with Crippen LogP contribution >= 0.6 is 11.8 Å². The molecular weight excluding hydrogens is 396 g/mol. The minimum absolute atomic E-state index is 0.0203. The van der Waals surface area contributed by atoms with Crippen LogP contribution in [0.15, 0.2) is 28.3 Å². The smallest absolute Gasteiger partial charge is 0.244 e. The number of nitrogens with zero attached hydrogens (tertiary/aromatic N) is 3. The molecule has 1 N–H and O–H groups in total. The van der Waals surface area contributed by atoms with Crippen LogP contribution in [0.5, 0.6) is 0 Å². The molecule has 0 saturated carbocycles. The number of nitrogens with one attached hydrogen (secondary N) is 1. The van der Waals surface area contributed by atoms with Crippen molar-refractivity contribution < 1.29 is 13.2 Å². The molecule has 0 aromatic carbocycles. The minimum Gasteiger partial charge on any atom is -0.337 e. The SMILES string of the molecule is CC(C)C(C)(C#N)NC(=O)CSc1ccc(S(=O)(=O)N2CCCCCC2)cn1. The zero-order chi connectivity index (χ0) is 20.8. The Morgan fingerprint density at radius 3 is 2.46 bits per heavy atom. The van der Waals surface area contributed by atoms with Gasteiger partial charge in [0.15, 0.2) is 0 Å². The second-order valence-corrected chi connectivity index (χ2v) is 10.4. The van der Waals surface area contributed by atoms with Crippen LogP contribution in [0.25, 0.3) is 0 Å².